The van der Waals surface area contributed by atoms with Gasteiger partial charge >= 0.3 is 0 Å². The van der Waals surface area contributed by atoms with Crippen LogP contribution in [0.5, 0.6) is 0 Å². The quantitative estimate of drug-likeness (QED) is 0.870. The van der Waals surface area contributed by atoms with E-state index in [9.17, 15) is 4.79 Å². The molecule has 0 spiro atoms. The highest BCUT2D eigenvalue weighted by Gasteiger charge is 2.20. The van der Waals surface area contributed by atoms with Crippen LogP contribution < -0.4 is 10.2 Å². The maximum Gasteiger partial charge on any atom is 0.220 e. The molecule has 3 rings (SSSR count). The molecule has 0 aliphatic carbocycles. The van der Waals surface area contributed by atoms with Crippen LogP contribution in [0.1, 0.15) is 31.2 Å². The molecule has 2 aromatic rings. The number of aromatic nitrogens is 4. The maximum absolute atomic E-state index is 12.1. The van der Waals surface area contributed by atoms with E-state index >= 15 is 0 Å². The lowest BCUT2D eigenvalue weighted by Gasteiger charge is -2.34. The number of benzene rings is 1. The Kier molecular flexibility index (Phi) is 5.40. The molecule has 2 heterocycles. The number of hydrogen-bond acceptors (Lipinski definition) is 5. The van der Waals surface area contributed by atoms with Crippen LogP contribution in [0.2, 0.25) is 0 Å². The number of rotatable bonds is 6. The standard InChI is InChI=1S/C17H24N6O/c1-14-4-2-5-16(12-14)22-10-7-15(8-11-22)19-17(24)6-3-9-23-13-18-20-21-23/h2,4-5,12-13,15H,3,6-11H2,1H3,(H,19,24). The number of tetrazole rings is 1. The molecule has 0 unspecified atom stereocenters. The zero-order valence-corrected chi connectivity index (χ0v) is 14.1. The molecule has 0 saturated carbocycles. The van der Waals surface area contributed by atoms with Crippen molar-refractivity contribution in [3.05, 3.63) is 36.2 Å². The van der Waals surface area contributed by atoms with Gasteiger partial charge in [-0.25, -0.2) is 4.68 Å². The lowest BCUT2D eigenvalue weighted by atomic mass is 10.0. The molecule has 7 heteroatoms. The third kappa shape index (κ3) is 4.53. The van der Waals surface area contributed by atoms with E-state index in [0.717, 1.165) is 32.4 Å². The minimum absolute atomic E-state index is 0.122. The number of aryl methyl sites for hydroxylation is 2. The van der Waals surface area contributed by atoms with Crippen LogP contribution in [0, 0.1) is 6.92 Å². The third-order valence-corrected chi connectivity index (χ3v) is 4.41. The van der Waals surface area contributed by atoms with E-state index in [-0.39, 0.29) is 11.9 Å². The molecule has 1 aromatic heterocycles. The molecule has 0 atom stereocenters. The lowest BCUT2D eigenvalue weighted by Crippen LogP contribution is -2.44. The van der Waals surface area contributed by atoms with Gasteiger partial charge in [-0.3, -0.25) is 4.79 Å². The second kappa shape index (κ2) is 7.90. The first-order chi connectivity index (χ1) is 11.7. The van der Waals surface area contributed by atoms with Crippen LogP contribution in [0.3, 0.4) is 0 Å². The highest BCUT2D eigenvalue weighted by molar-refractivity contribution is 5.76. The second-order valence-corrected chi connectivity index (χ2v) is 6.34. The van der Waals surface area contributed by atoms with Gasteiger partial charge in [0.1, 0.15) is 6.33 Å². The van der Waals surface area contributed by atoms with Gasteiger partial charge in [-0.1, -0.05) is 12.1 Å². The molecule has 1 N–H and O–H groups in total. The van der Waals surface area contributed by atoms with Crippen LogP contribution >= 0.6 is 0 Å². The van der Waals surface area contributed by atoms with Gasteiger partial charge in [-0.15, -0.1) is 5.10 Å². The first-order valence-corrected chi connectivity index (χ1v) is 8.52. The summed E-state index contributed by atoms with van der Waals surface area (Å²) in [4.78, 5) is 14.4. The molecule has 0 bridgehead atoms. The SMILES string of the molecule is Cc1cccc(N2CCC(NC(=O)CCCn3cnnn3)CC2)c1. The minimum Gasteiger partial charge on any atom is -0.371 e. The van der Waals surface area contributed by atoms with E-state index in [1.807, 2.05) is 0 Å². The first-order valence-electron chi connectivity index (χ1n) is 8.52. The molecule has 128 valence electrons. The molecular formula is C17H24N6O. The predicted octanol–water partition coefficient (Wildman–Crippen LogP) is 1.55. The topological polar surface area (TPSA) is 75.9 Å². The average molecular weight is 328 g/mol. The van der Waals surface area contributed by atoms with E-state index in [4.69, 9.17) is 0 Å². The molecule has 1 aromatic carbocycles. The summed E-state index contributed by atoms with van der Waals surface area (Å²) in [5, 5.41) is 14.1. The maximum atomic E-state index is 12.1. The number of hydrogen-bond donors (Lipinski definition) is 1. The Labute approximate surface area is 142 Å². The Morgan fingerprint density at radius 2 is 2.17 bits per heavy atom. The predicted molar refractivity (Wildman–Crippen MR) is 91.6 cm³/mol. The second-order valence-electron chi connectivity index (χ2n) is 6.34. The summed E-state index contributed by atoms with van der Waals surface area (Å²) >= 11 is 0. The van der Waals surface area contributed by atoms with Crippen molar-refractivity contribution < 1.29 is 4.79 Å². The molecule has 0 radical (unpaired) electrons. The van der Waals surface area contributed by atoms with Gasteiger partial charge in [0, 0.05) is 37.8 Å². The van der Waals surface area contributed by atoms with Gasteiger partial charge in [0.05, 0.1) is 0 Å². The summed E-state index contributed by atoms with van der Waals surface area (Å²) in [6.07, 6.45) is 4.81. The molecule has 7 nitrogen and oxygen atoms in total. The fourth-order valence-corrected chi connectivity index (χ4v) is 3.09. The summed E-state index contributed by atoms with van der Waals surface area (Å²) in [7, 11) is 0. The lowest BCUT2D eigenvalue weighted by molar-refractivity contribution is -0.122. The van der Waals surface area contributed by atoms with Crippen molar-refractivity contribution in [2.75, 3.05) is 18.0 Å². The van der Waals surface area contributed by atoms with Crippen molar-refractivity contribution in [2.24, 2.45) is 0 Å². The van der Waals surface area contributed by atoms with Gasteiger partial charge in [-0.05, 0) is 54.3 Å². The summed E-state index contributed by atoms with van der Waals surface area (Å²) in [5.41, 5.74) is 2.56. The molecule has 1 amide bonds. The summed E-state index contributed by atoms with van der Waals surface area (Å²) < 4.78 is 1.65. The van der Waals surface area contributed by atoms with Crippen molar-refractivity contribution >= 4 is 11.6 Å². The Morgan fingerprint density at radius 1 is 1.33 bits per heavy atom. The van der Waals surface area contributed by atoms with Gasteiger partial charge in [0.2, 0.25) is 5.91 Å². The van der Waals surface area contributed by atoms with Crippen molar-refractivity contribution in [3.8, 4) is 0 Å². The number of carbonyl (C=O) groups excluding carboxylic acids is 1. The minimum atomic E-state index is 0.122. The number of amides is 1. The van der Waals surface area contributed by atoms with Crippen molar-refractivity contribution in [1.29, 1.82) is 0 Å². The van der Waals surface area contributed by atoms with Crippen molar-refractivity contribution in [3.63, 3.8) is 0 Å². The number of nitrogens with one attached hydrogen (secondary N) is 1. The Hall–Kier alpha value is -2.44. The van der Waals surface area contributed by atoms with Crippen LogP contribution in [0.4, 0.5) is 5.69 Å². The van der Waals surface area contributed by atoms with E-state index in [2.05, 4.69) is 56.9 Å². The first kappa shape index (κ1) is 16.4. The number of nitrogens with zero attached hydrogens (tertiary/aromatic N) is 5. The van der Waals surface area contributed by atoms with Crippen LogP contribution in [0.25, 0.3) is 0 Å². The molecule has 1 fully saturated rings. The zero-order valence-electron chi connectivity index (χ0n) is 14.1. The van der Waals surface area contributed by atoms with Gasteiger partial charge in [0.15, 0.2) is 0 Å². The Bertz CT molecular complexity index is 649. The van der Waals surface area contributed by atoms with Crippen molar-refractivity contribution in [2.45, 2.75) is 45.2 Å². The smallest absolute Gasteiger partial charge is 0.220 e. The fourth-order valence-electron chi connectivity index (χ4n) is 3.09. The fraction of sp³-hybridized carbons (Fsp3) is 0.529. The Morgan fingerprint density at radius 3 is 2.88 bits per heavy atom. The van der Waals surface area contributed by atoms with Crippen LogP contribution in [-0.4, -0.2) is 45.2 Å². The van der Waals surface area contributed by atoms with Crippen LogP contribution in [-0.2, 0) is 11.3 Å². The number of carbonyl (C=O) groups is 1. The third-order valence-electron chi connectivity index (χ3n) is 4.41. The monoisotopic (exact) mass is 328 g/mol. The number of piperidine rings is 1. The number of anilines is 1. The molecule has 24 heavy (non-hydrogen) atoms. The van der Waals surface area contributed by atoms with E-state index in [1.165, 1.54) is 11.3 Å². The Balaban J connectivity index is 1.38. The molecule has 1 saturated heterocycles. The van der Waals surface area contributed by atoms with Gasteiger partial charge < -0.3 is 10.2 Å². The highest BCUT2D eigenvalue weighted by atomic mass is 16.1. The summed E-state index contributed by atoms with van der Waals surface area (Å²) in [6, 6.07) is 8.88. The summed E-state index contributed by atoms with van der Waals surface area (Å²) in [5.74, 6) is 0.122. The van der Waals surface area contributed by atoms with E-state index in [1.54, 1.807) is 11.0 Å². The van der Waals surface area contributed by atoms with E-state index in [0.29, 0.717) is 13.0 Å². The average Bonchev–Trinajstić information content (AvgIpc) is 3.09. The molecule has 1 aliphatic rings. The van der Waals surface area contributed by atoms with Crippen LogP contribution in [0.15, 0.2) is 30.6 Å². The van der Waals surface area contributed by atoms with Crippen molar-refractivity contribution in [1.82, 2.24) is 25.5 Å². The molecular weight excluding hydrogens is 304 g/mol. The van der Waals surface area contributed by atoms with Gasteiger partial charge in [0.25, 0.3) is 0 Å². The zero-order chi connectivity index (χ0) is 16.8. The van der Waals surface area contributed by atoms with Gasteiger partial charge in [-0.2, -0.15) is 0 Å². The largest absolute Gasteiger partial charge is 0.371 e. The van der Waals surface area contributed by atoms with E-state index < -0.39 is 0 Å². The molecule has 1 aliphatic heterocycles. The summed E-state index contributed by atoms with van der Waals surface area (Å²) in [6.45, 7) is 4.76. The highest BCUT2D eigenvalue weighted by Crippen LogP contribution is 2.21. The normalized spacial score (nSPS) is 15.5.